The van der Waals surface area contributed by atoms with Gasteiger partial charge in [0.05, 0.1) is 10.4 Å². The Balaban J connectivity index is 1.19. The van der Waals surface area contributed by atoms with Crippen molar-refractivity contribution in [3.63, 3.8) is 0 Å². The highest BCUT2D eigenvalue weighted by Gasteiger charge is 2.20. The average Bonchev–Trinajstić information content (AvgIpc) is 3.58. The van der Waals surface area contributed by atoms with Crippen molar-refractivity contribution in [1.82, 2.24) is 0 Å². The van der Waals surface area contributed by atoms with Crippen molar-refractivity contribution in [2.24, 2.45) is 0 Å². The first-order valence-electron chi connectivity index (χ1n) is 17.1. The minimum Gasteiger partial charge on any atom is -0.309 e. The Morgan fingerprint density at radius 1 is 0.320 bits per heavy atom. The first-order valence-corrected chi connectivity index (χ1v) is 17.9. The number of nitrogens with zero attached hydrogens (tertiary/aromatic N) is 1. The summed E-state index contributed by atoms with van der Waals surface area (Å²) in [5.41, 5.74) is 8.40. The van der Waals surface area contributed by atoms with E-state index in [2.05, 4.69) is 193 Å². The van der Waals surface area contributed by atoms with Crippen molar-refractivity contribution >= 4 is 80.9 Å². The average molecular weight is 654 g/mol. The summed E-state index contributed by atoms with van der Waals surface area (Å²) >= 11 is 1.89. The molecular weight excluding hydrogens is 623 g/mol. The summed E-state index contributed by atoms with van der Waals surface area (Å²) in [6, 6.07) is 68.7. The zero-order valence-electron chi connectivity index (χ0n) is 27.3. The quantitative estimate of drug-likeness (QED) is 0.167. The zero-order chi connectivity index (χ0) is 33.0. The number of hydrogen-bond donors (Lipinski definition) is 0. The summed E-state index contributed by atoms with van der Waals surface area (Å²) < 4.78 is 2.60. The van der Waals surface area contributed by atoms with Crippen LogP contribution < -0.4 is 4.90 Å². The molecule has 0 aliphatic carbocycles. The molecule has 0 aliphatic heterocycles. The second-order valence-electron chi connectivity index (χ2n) is 12.9. The van der Waals surface area contributed by atoms with E-state index in [9.17, 15) is 0 Å². The molecule has 1 heterocycles. The molecule has 0 saturated heterocycles. The van der Waals surface area contributed by atoms with Gasteiger partial charge in [-0.3, -0.25) is 0 Å². The number of thiophene rings is 1. The minimum atomic E-state index is 1.13. The lowest BCUT2D eigenvalue weighted by Gasteiger charge is -2.27. The maximum absolute atomic E-state index is 2.45. The monoisotopic (exact) mass is 653 g/mol. The van der Waals surface area contributed by atoms with Crippen LogP contribution in [0.15, 0.2) is 188 Å². The van der Waals surface area contributed by atoms with Crippen LogP contribution in [0.3, 0.4) is 0 Å². The summed E-state index contributed by atoms with van der Waals surface area (Å²) in [4.78, 5) is 2.45. The fourth-order valence-corrected chi connectivity index (χ4v) is 8.89. The van der Waals surface area contributed by atoms with Crippen LogP contribution in [0.25, 0.3) is 74.7 Å². The van der Waals surface area contributed by atoms with Gasteiger partial charge in [0.25, 0.3) is 0 Å². The Kier molecular flexibility index (Phi) is 6.75. The maximum atomic E-state index is 2.45. The molecule has 0 saturated carbocycles. The van der Waals surface area contributed by atoms with E-state index in [1.807, 2.05) is 11.3 Å². The highest BCUT2D eigenvalue weighted by molar-refractivity contribution is 7.27. The topological polar surface area (TPSA) is 3.24 Å². The fourth-order valence-electron chi connectivity index (χ4n) is 7.55. The number of rotatable bonds is 5. The predicted molar refractivity (Wildman–Crippen MR) is 217 cm³/mol. The first kappa shape index (κ1) is 28.8. The van der Waals surface area contributed by atoms with E-state index in [0.29, 0.717) is 0 Å². The Morgan fingerprint density at radius 3 is 1.76 bits per heavy atom. The van der Waals surface area contributed by atoms with Crippen molar-refractivity contribution in [3.8, 4) is 22.3 Å². The van der Waals surface area contributed by atoms with Gasteiger partial charge in [-0.05, 0) is 91.0 Å². The second-order valence-corrected chi connectivity index (χ2v) is 14.0. The predicted octanol–water partition coefficient (Wildman–Crippen LogP) is 14.3. The van der Waals surface area contributed by atoms with Crippen LogP contribution >= 0.6 is 11.3 Å². The van der Waals surface area contributed by atoms with E-state index < -0.39 is 0 Å². The molecule has 10 aromatic rings. The number of anilines is 3. The summed E-state index contributed by atoms with van der Waals surface area (Å²) in [5.74, 6) is 0. The van der Waals surface area contributed by atoms with E-state index in [1.165, 1.54) is 80.4 Å². The Labute approximate surface area is 294 Å². The van der Waals surface area contributed by atoms with Gasteiger partial charge in [0.15, 0.2) is 0 Å². The molecule has 0 spiro atoms. The molecule has 0 N–H and O–H groups in total. The van der Waals surface area contributed by atoms with E-state index in [4.69, 9.17) is 0 Å². The van der Waals surface area contributed by atoms with Gasteiger partial charge in [0.1, 0.15) is 0 Å². The smallest absolute Gasteiger partial charge is 0.0640 e. The van der Waals surface area contributed by atoms with Gasteiger partial charge in [-0.1, -0.05) is 152 Å². The van der Waals surface area contributed by atoms with Crippen LogP contribution in [0.1, 0.15) is 0 Å². The largest absolute Gasteiger partial charge is 0.309 e. The molecule has 1 aromatic heterocycles. The van der Waals surface area contributed by atoms with E-state index >= 15 is 0 Å². The molecule has 50 heavy (non-hydrogen) atoms. The number of hydrogen-bond acceptors (Lipinski definition) is 2. The van der Waals surface area contributed by atoms with Crippen molar-refractivity contribution < 1.29 is 0 Å². The van der Waals surface area contributed by atoms with Crippen LogP contribution in [0.2, 0.25) is 0 Å². The summed E-state index contributed by atoms with van der Waals surface area (Å²) in [6.45, 7) is 0. The number of benzene rings is 9. The van der Waals surface area contributed by atoms with Crippen LogP contribution in [-0.2, 0) is 0 Å². The van der Waals surface area contributed by atoms with Crippen LogP contribution in [0.4, 0.5) is 17.1 Å². The molecule has 10 rings (SSSR count). The molecule has 2 heteroatoms. The van der Waals surface area contributed by atoms with Crippen LogP contribution in [0, 0.1) is 0 Å². The van der Waals surface area contributed by atoms with Crippen molar-refractivity contribution in [3.05, 3.63) is 188 Å². The fraction of sp³-hybridized carbons (Fsp3) is 0. The van der Waals surface area contributed by atoms with Crippen LogP contribution in [0.5, 0.6) is 0 Å². The third kappa shape index (κ3) is 4.76. The lowest BCUT2D eigenvalue weighted by atomic mass is 9.99. The lowest BCUT2D eigenvalue weighted by molar-refractivity contribution is 1.31. The molecule has 0 unspecified atom stereocenters. The molecule has 0 atom stereocenters. The van der Waals surface area contributed by atoms with Gasteiger partial charge in [0.2, 0.25) is 0 Å². The van der Waals surface area contributed by atoms with Gasteiger partial charge >= 0.3 is 0 Å². The van der Waals surface area contributed by atoms with Crippen molar-refractivity contribution in [2.45, 2.75) is 0 Å². The highest BCUT2D eigenvalue weighted by Crippen LogP contribution is 2.47. The highest BCUT2D eigenvalue weighted by atomic mass is 32.1. The van der Waals surface area contributed by atoms with Gasteiger partial charge in [-0.15, -0.1) is 11.3 Å². The molecule has 0 radical (unpaired) electrons. The number of fused-ring (bicyclic) bond motifs is 7. The molecule has 0 fully saturated rings. The molecule has 1 nitrogen and oxygen atoms in total. The Bertz CT molecular complexity index is 2870. The standard InChI is InChI=1S/C48H31NS/c1-2-11-34(12-3-1)42-16-8-17-43-44-18-9-19-46(48(44)50-47(42)43)49(40-29-26-36-22-21-35-13-6-7-15-41(35)45(36)31-40)39-27-24-33(25-28-39)38-23-20-32-10-4-5-14-37(32)30-38/h1-31H. The molecule has 0 aliphatic rings. The minimum absolute atomic E-state index is 1.13. The molecule has 0 amide bonds. The molecular formula is C48H31NS. The van der Waals surface area contributed by atoms with E-state index in [0.717, 1.165) is 11.4 Å². The van der Waals surface area contributed by atoms with Crippen molar-refractivity contribution in [1.29, 1.82) is 0 Å². The van der Waals surface area contributed by atoms with Crippen LogP contribution in [-0.4, -0.2) is 0 Å². The Morgan fingerprint density at radius 2 is 0.920 bits per heavy atom. The first-order chi connectivity index (χ1) is 24.8. The lowest BCUT2D eigenvalue weighted by Crippen LogP contribution is -2.10. The van der Waals surface area contributed by atoms with Crippen molar-refractivity contribution in [2.75, 3.05) is 4.90 Å². The SMILES string of the molecule is c1ccc(-c2cccc3c2sc2c(N(c4ccc(-c5ccc6ccccc6c5)cc4)c4ccc5ccc6ccccc6c5c4)cccc23)cc1. The third-order valence-electron chi connectivity index (χ3n) is 10.0. The normalized spacial score (nSPS) is 11.6. The third-order valence-corrected chi connectivity index (χ3v) is 11.3. The summed E-state index contributed by atoms with van der Waals surface area (Å²) in [7, 11) is 0. The van der Waals surface area contributed by atoms with Gasteiger partial charge in [-0.25, -0.2) is 0 Å². The molecule has 9 aromatic carbocycles. The maximum Gasteiger partial charge on any atom is 0.0640 e. The Hall–Kier alpha value is -6.22. The van der Waals surface area contributed by atoms with E-state index in [-0.39, 0.29) is 0 Å². The van der Waals surface area contributed by atoms with E-state index in [1.54, 1.807) is 0 Å². The summed E-state index contributed by atoms with van der Waals surface area (Å²) in [6.07, 6.45) is 0. The zero-order valence-corrected chi connectivity index (χ0v) is 28.1. The second kappa shape index (κ2) is 11.7. The van der Waals surface area contributed by atoms with Gasteiger partial charge in [0, 0.05) is 26.8 Å². The molecule has 0 bridgehead atoms. The van der Waals surface area contributed by atoms with Gasteiger partial charge in [-0.2, -0.15) is 0 Å². The summed E-state index contributed by atoms with van der Waals surface area (Å²) in [5, 5.41) is 10.1. The molecule has 234 valence electrons. The van der Waals surface area contributed by atoms with Gasteiger partial charge < -0.3 is 4.90 Å².